The van der Waals surface area contributed by atoms with Crippen molar-refractivity contribution in [2.24, 2.45) is 0 Å². The Balaban J connectivity index is 2.59. The molecule has 0 spiro atoms. The van der Waals surface area contributed by atoms with E-state index in [2.05, 4.69) is 11.4 Å². The van der Waals surface area contributed by atoms with E-state index in [1.54, 1.807) is 0 Å². The minimum absolute atomic E-state index is 0.427. The number of para-hydroxylation sites is 1. The van der Waals surface area contributed by atoms with Crippen LogP contribution in [-0.2, 0) is 0 Å². The molecule has 0 bridgehead atoms. The van der Waals surface area contributed by atoms with Gasteiger partial charge in [0, 0.05) is 25.3 Å². The zero-order valence-corrected chi connectivity index (χ0v) is 10.8. The third-order valence-electron chi connectivity index (χ3n) is 2.68. The van der Waals surface area contributed by atoms with Crippen molar-refractivity contribution in [3.8, 4) is 6.07 Å². The first kappa shape index (κ1) is 14.5. The van der Waals surface area contributed by atoms with E-state index in [4.69, 9.17) is 5.26 Å². The Kier molecular flexibility index (Phi) is 6.85. The van der Waals surface area contributed by atoms with Gasteiger partial charge in [0.25, 0.3) is 0 Å². The number of aliphatic hydroxyl groups excluding tert-OH is 1. The van der Waals surface area contributed by atoms with Crippen molar-refractivity contribution in [3.63, 3.8) is 0 Å². The molecule has 0 saturated carbocycles. The lowest BCUT2D eigenvalue weighted by atomic mass is 10.2. The normalized spacial score (nSPS) is 11.8. The fourth-order valence-corrected chi connectivity index (χ4v) is 1.78. The topological polar surface area (TPSA) is 59.3 Å². The molecule has 0 saturated heterocycles. The predicted molar refractivity (Wildman–Crippen MR) is 73.4 cm³/mol. The predicted octanol–water partition coefficient (Wildman–Crippen LogP) is 1.38. The van der Waals surface area contributed by atoms with Gasteiger partial charge in [0.1, 0.15) is 0 Å². The van der Waals surface area contributed by atoms with Crippen LogP contribution in [0.3, 0.4) is 0 Å². The fraction of sp³-hybridized carbons (Fsp3) is 0.500. The summed E-state index contributed by atoms with van der Waals surface area (Å²) < 4.78 is 0. The standard InChI is InChI=1S/C14H21N3O/c1-2-16-11-14(18)12-17(10-6-9-15)13-7-4-3-5-8-13/h3-5,7-8,14,16,18H,2,6,10-12H2,1H3. The van der Waals surface area contributed by atoms with Crippen molar-refractivity contribution in [2.75, 3.05) is 31.1 Å². The highest BCUT2D eigenvalue weighted by Gasteiger charge is 2.11. The van der Waals surface area contributed by atoms with Gasteiger partial charge in [0.2, 0.25) is 0 Å². The van der Waals surface area contributed by atoms with E-state index in [-0.39, 0.29) is 0 Å². The molecule has 1 atom stereocenters. The molecule has 2 N–H and O–H groups in total. The summed E-state index contributed by atoms with van der Waals surface area (Å²) in [6.07, 6.45) is 0.0341. The van der Waals surface area contributed by atoms with Gasteiger partial charge in [0.05, 0.1) is 18.6 Å². The van der Waals surface area contributed by atoms with E-state index in [0.29, 0.717) is 26.1 Å². The molecule has 0 fully saturated rings. The smallest absolute Gasteiger partial charge is 0.0839 e. The number of likely N-dealkylation sites (N-methyl/N-ethyl adjacent to an activating group) is 1. The number of benzene rings is 1. The summed E-state index contributed by atoms with van der Waals surface area (Å²) in [7, 11) is 0. The molecule has 1 unspecified atom stereocenters. The van der Waals surface area contributed by atoms with E-state index in [0.717, 1.165) is 12.2 Å². The molecule has 1 aromatic carbocycles. The third kappa shape index (κ3) is 5.17. The molecule has 18 heavy (non-hydrogen) atoms. The zero-order valence-electron chi connectivity index (χ0n) is 10.8. The van der Waals surface area contributed by atoms with E-state index in [1.807, 2.05) is 42.2 Å². The van der Waals surface area contributed by atoms with Gasteiger partial charge in [-0.25, -0.2) is 0 Å². The number of nitriles is 1. The van der Waals surface area contributed by atoms with Crippen molar-refractivity contribution >= 4 is 5.69 Å². The Morgan fingerprint density at radius 3 is 2.72 bits per heavy atom. The zero-order chi connectivity index (χ0) is 13.2. The Morgan fingerprint density at radius 1 is 1.39 bits per heavy atom. The maximum Gasteiger partial charge on any atom is 0.0839 e. The van der Waals surface area contributed by atoms with Crippen LogP contribution in [0.4, 0.5) is 5.69 Å². The van der Waals surface area contributed by atoms with Crippen LogP contribution >= 0.6 is 0 Å². The summed E-state index contributed by atoms with van der Waals surface area (Å²) >= 11 is 0. The average molecular weight is 247 g/mol. The van der Waals surface area contributed by atoms with Crippen LogP contribution in [0.1, 0.15) is 13.3 Å². The number of nitrogens with one attached hydrogen (secondary N) is 1. The molecule has 0 aromatic heterocycles. The van der Waals surface area contributed by atoms with Crippen LogP contribution in [0, 0.1) is 11.3 Å². The number of hydrogen-bond donors (Lipinski definition) is 2. The summed E-state index contributed by atoms with van der Waals surface area (Å²) in [6.45, 7) is 4.62. The van der Waals surface area contributed by atoms with Crippen molar-refractivity contribution < 1.29 is 5.11 Å². The third-order valence-corrected chi connectivity index (χ3v) is 2.68. The van der Waals surface area contributed by atoms with Crippen LogP contribution in [0.15, 0.2) is 30.3 Å². The number of nitrogens with zero attached hydrogens (tertiary/aromatic N) is 2. The highest BCUT2D eigenvalue weighted by molar-refractivity contribution is 5.46. The minimum atomic E-state index is -0.427. The first-order valence-corrected chi connectivity index (χ1v) is 6.33. The molecule has 98 valence electrons. The van der Waals surface area contributed by atoms with Crippen LogP contribution in [0.5, 0.6) is 0 Å². The number of hydrogen-bond acceptors (Lipinski definition) is 4. The lowest BCUT2D eigenvalue weighted by Gasteiger charge is -2.26. The molecule has 0 heterocycles. The molecule has 0 aliphatic heterocycles. The summed E-state index contributed by atoms with van der Waals surface area (Å²) in [6, 6.07) is 12.0. The molecule has 4 nitrogen and oxygen atoms in total. The van der Waals surface area contributed by atoms with Gasteiger partial charge in [-0.05, 0) is 18.7 Å². The summed E-state index contributed by atoms with van der Waals surface area (Å²) in [4.78, 5) is 2.05. The lowest BCUT2D eigenvalue weighted by Crippen LogP contribution is -2.38. The molecule has 0 aliphatic carbocycles. The lowest BCUT2D eigenvalue weighted by molar-refractivity contribution is 0.177. The van der Waals surface area contributed by atoms with Crippen LogP contribution in [0.2, 0.25) is 0 Å². The monoisotopic (exact) mass is 247 g/mol. The molecular weight excluding hydrogens is 226 g/mol. The second-order valence-electron chi connectivity index (χ2n) is 4.15. The second-order valence-corrected chi connectivity index (χ2v) is 4.15. The maximum atomic E-state index is 9.92. The fourth-order valence-electron chi connectivity index (χ4n) is 1.78. The van der Waals surface area contributed by atoms with E-state index < -0.39 is 6.10 Å². The van der Waals surface area contributed by atoms with Gasteiger partial charge in [0.15, 0.2) is 0 Å². The highest BCUT2D eigenvalue weighted by atomic mass is 16.3. The average Bonchev–Trinajstić information content (AvgIpc) is 2.42. The Labute approximate surface area is 109 Å². The molecule has 4 heteroatoms. The van der Waals surface area contributed by atoms with Crippen molar-refractivity contribution in [3.05, 3.63) is 30.3 Å². The molecule has 0 aliphatic rings. The minimum Gasteiger partial charge on any atom is -0.390 e. The maximum absolute atomic E-state index is 9.92. The van der Waals surface area contributed by atoms with Gasteiger partial charge in [-0.15, -0.1) is 0 Å². The Hall–Kier alpha value is -1.57. The quantitative estimate of drug-likeness (QED) is 0.728. The largest absolute Gasteiger partial charge is 0.390 e. The van der Waals surface area contributed by atoms with Gasteiger partial charge in [-0.2, -0.15) is 5.26 Å². The Bertz CT molecular complexity index is 361. The summed E-state index contributed by atoms with van der Waals surface area (Å²) in [5.74, 6) is 0. The second kappa shape index (κ2) is 8.51. The van der Waals surface area contributed by atoms with Gasteiger partial charge < -0.3 is 15.3 Å². The summed E-state index contributed by atoms with van der Waals surface area (Å²) in [5, 5.41) is 21.7. The van der Waals surface area contributed by atoms with E-state index >= 15 is 0 Å². The number of aliphatic hydroxyl groups is 1. The number of anilines is 1. The highest BCUT2D eigenvalue weighted by Crippen LogP contribution is 2.13. The molecular formula is C14H21N3O. The van der Waals surface area contributed by atoms with Gasteiger partial charge in [-0.1, -0.05) is 25.1 Å². The first-order valence-electron chi connectivity index (χ1n) is 6.33. The van der Waals surface area contributed by atoms with Gasteiger partial charge in [-0.3, -0.25) is 0 Å². The van der Waals surface area contributed by atoms with E-state index in [9.17, 15) is 5.11 Å². The number of rotatable bonds is 8. The molecule has 1 rings (SSSR count). The van der Waals surface area contributed by atoms with Crippen LogP contribution < -0.4 is 10.2 Å². The van der Waals surface area contributed by atoms with Crippen LogP contribution in [-0.4, -0.2) is 37.4 Å². The van der Waals surface area contributed by atoms with Crippen molar-refractivity contribution in [1.82, 2.24) is 5.32 Å². The first-order chi connectivity index (χ1) is 8.77. The Morgan fingerprint density at radius 2 is 2.11 bits per heavy atom. The molecule has 0 radical (unpaired) electrons. The van der Waals surface area contributed by atoms with Crippen molar-refractivity contribution in [2.45, 2.75) is 19.4 Å². The van der Waals surface area contributed by atoms with Gasteiger partial charge >= 0.3 is 0 Å². The van der Waals surface area contributed by atoms with Crippen molar-refractivity contribution in [1.29, 1.82) is 5.26 Å². The summed E-state index contributed by atoms with van der Waals surface area (Å²) in [5.41, 5.74) is 1.04. The van der Waals surface area contributed by atoms with Crippen LogP contribution in [0.25, 0.3) is 0 Å². The molecule has 0 amide bonds. The molecule has 1 aromatic rings. The SMILES string of the molecule is CCNCC(O)CN(CCC#N)c1ccccc1. The van der Waals surface area contributed by atoms with E-state index in [1.165, 1.54) is 0 Å².